The van der Waals surface area contributed by atoms with E-state index in [1.54, 1.807) is 42.3 Å². The van der Waals surface area contributed by atoms with Gasteiger partial charge in [0.25, 0.3) is 5.91 Å². The minimum absolute atomic E-state index is 0.211. The number of carbonyl (C=O) groups is 2. The molecule has 0 aromatic heterocycles. The van der Waals surface area contributed by atoms with Crippen LogP contribution in [0.3, 0.4) is 0 Å². The summed E-state index contributed by atoms with van der Waals surface area (Å²) in [4.78, 5) is 32.6. The third-order valence-corrected chi connectivity index (χ3v) is 7.66. The highest BCUT2D eigenvalue weighted by atomic mass is 35.5. The number of hydrogen-bond donors (Lipinski definition) is 0. The van der Waals surface area contributed by atoms with Gasteiger partial charge in [0.05, 0.1) is 17.3 Å². The van der Waals surface area contributed by atoms with Gasteiger partial charge >= 0.3 is 6.03 Å². The van der Waals surface area contributed by atoms with E-state index in [1.165, 1.54) is 11.3 Å². The number of amides is 3. The molecule has 3 amide bonds. The standard InChI is InChI=1S/C24H22Cl2N4O2/c1-28-23(32)30(20-10-17(25)9-18(26)11-20)22(31)24(28)14-29(19-3-2-4-19)13-21(24)16-7-5-15(12-27)6-8-16/h5-11,19,21H,2-4,13-14H2,1H3/t21-,24+/m0/s1. The topological polar surface area (TPSA) is 67.7 Å². The average Bonchev–Trinajstić information content (AvgIpc) is 3.19. The fourth-order valence-electron chi connectivity index (χ4n) is 5.27. The summed E-state index contributed by atoms with van der Waals surface area (Å²) in [6.45, 7) is 1.16. The van der Waals surface area contributed by atoms with Gasteiger partial charge in [-0.25, -0.2) is 9.69 Å². The number of urea groups is 1. The van der Waals surface area contributed by atoms with Crippen molar-refractivity contribution in [3.63, 3.8) is 0 Å². The van der Waals surface area contributed by atoms with Gasteiger partial charge < -0.3 is 4.90 Å². The zero-order chi connectivity index (χ0) is 22.6. The monoisotopic (exact) mass is 468 g/mol. The first-order valence-electron chi connectivity index (χ1n) is 10.7. The van der Waals surface area contributed by atoms with Crippen molar-refractivity contribution in [1.29, 1.82) is 5.26 Å². The molecule has 2 aromatic carbocycles. The zero-order valence-corrected chi connectivity index (χ0v) is 19.1. The number of likely N-dealkylation sites (N-methyl/N-ethyl adjacent to an activating group) is 1. The second-order valence-electron chi connectivity index (χ2n) is 8.83. The number of nitriles is 1. The molecular formula is C24H22Cl2N4O2. The molecule has 1 aliphatic carbocycles. The van der Waals surface area contributed by atoms with Gasteiger partial charge in [-0.2, -0.15) is 5.26 Å². The fourth-order valence-corrected chi connectivity index (χ4v) is 5.78. The summed E-state index contributed by atoms with van der Waals surface area (Å²) in [5, 5.41) is 9.91. The molecule has 6 nitrogen and oxygen atoms in total. The van der Waals surface area contributed by atoms with E-state index in [1.807, 2.05) is 12.1 Å². The van der Waals surface area contributed by atoms with Crippen LogP contribution < -0.4 is 4.90 Å². The largest absolute Gasteiger partial charge is 0.332 e. The van der Waals surface area contributed by atoms with E-state index in [0.29, 0.717) is 40.4 Å². The number of carbonyl (C=O) groups excluding carboxylic acids is 2. The van der Waals surface area contributed by atoms with Crippen molar-refractivity contribution < 1.29 is 9.59 Å². The Morgan fingerprint density at radius 2 is 1.72 bits per heavy atom. The van der Waals surface area contributed by atoms with E-state index in [4.69, 9.17) is 23.2 Å². The highest BCUT2D eigenvalue weighted by Crippen LogP contribution is 2.48. The van der Waals surface area contributed by atoms with Crippen LogP contribution in [0.5, 0.6) is 0 Å². The van der Waals surface area contributed by atoms with Crippen molar-refractivity contribution in [2.75, 3.05) is 25.0 Å². The third kappa shape index (κ3) is 3.11. The molecule has 164 valence electrons. The van der Waals surface area contributed by atoms with E-state index >= 15 is 0 Å². The van der Waals surface area contributed by atoms with Crippen molar-refractivity contribution in [2.24, 2.45) is 0 Å². The summed E-state index contributed by atoms with van der Waals surface area (Å²) in [5.41, 5.74) is 0.857. The van der Waals surface area contributed by atoms with Crippen LogP contribution in [0.25, 0.3) is 0 Å². The Morgan fingerprint density at radius 1 is 1.06 bits per heavy atom. The number of rotatable bonds is 3. The normalized spacial score (nSPS) is 26.1. The molecule has 3 fully saturated rings. The molecule has 5 rings (SSSR count). The number of nitrogens with zero attached hydrogens (tertiary/aromatic N) is 4. The minimum Gasteiger partial charge on any atom is -0.310 e. The van der Waals surface area contributed by atoms with Gasteiger partial charge in [0.2, 0.25) is 0 Å². The molecule has 2 saturated heterocycles. The summed E-state index contributed by atoms with van der Waals surface area (Å²) in [6, 6.07) is 14.3. The summed E-state index contributed by atoms with van der Waals surface area (Å²) in [5.74, 6) is -0.475. The molecule has 1 spiro atoms. The third-order valence-electron chi connectivity index (χ3n) is 7.23. The first kappa shape index (κ1) is 21.3. The lowest BCUT2D eigenvalue weighted by molar-refractivity contribution is -0.124. The van der Waals surface area contributed by atoms with Gasteiger partial charge in [-0.05, 0) is 48.7 Å². The van der Waals surface area contributed by atoms with Crippen LogP contribution in [-0.4, -0.2) is 53.5 Å². The van der Waals surface area contributed by atoms with Gasteiger partial charge in [-0.15, -0.1) is 0 Å². The zero-order valence-electron chi connectivity index (χ0n) is 17.6. The molecule has 0 N–H and O–H groups in total. The number of hydrogen-bond acceptors (Lipinski definition) is 4. The van der Waals surface area contributed by atoms with Gasteiger partial charge in [0.15, 0.2) is 0 Å². The van der Waals surface area contributed by atoms with Crippen LogP contribution in [-0.2, 0) is 4.79 Å². The van der Waals surface area contributed by atoms with Crippen molar-refractivity contribution in [3.8, 4) is 6.07 Å². The van der Waals surface area contributed by atoms with Gasteiger partial charge in [-0.1, -0.05) is 41.8 Å². The van der Waals surface area contributed by atoms with Crippen LogP contribution >= 0.6 is 23.2 Å². The molecule has 1 saturated carbocycles. The molecule has 2 atom stereocenters. The molecule has 2 aliphatic heterocycles. The van der Waals surface area contributed by atoms with Crippen molar-refractivity contribution in [2.45, 2.75) is 36.8 Å². The molecule has 0 radical (unpaired) electrons. The predicted octanol–water partition coefficient (Wildman–Crippen LogP) is 4.65. The molecule has 0 unspecified atom stereocenters. The highest BCUT2D eigenvalue weighted by Gasteiger charge is 2.64. The Hall–Kier alpha value is -2.59. The average molecular weight is 469 g/mol. The molecule has 2 aromatic rings. The van der Waals surface area contributed by atoms with E-state index in [2.05, 4.69) is 11.0 Å². The summed E-state index contributed by atoms with van der Waals surface area (Å²) in [7, 11) is 1.70. The molecule has 2 heterocycles. The maximum Gasteiger partial charge on any atom is 0.332 e. The minimum atomic E-state index is -1.03. The number of halogens is 2. The Bertz CT molecular complexity index is 1120. The number of anilines is 1. The predicted molar refractivity (Wildman–Crippen MR) is 123 cm³/mol. The quantitative estimate of drug-likeness (QED) is 0.614. The van der Waals surface area contributed by atoms with Gasteiger partial charge in [0.1, 0.15) is 5.54 Å². The van der Waals surface area contributed by atoms with Gasteiger partial charge in [0, 0.05) is 42.1 Å². The SMILES string of the molecule is CN1C(=O)N(c2cc(Cl)cc(Cl)c2)C(=O)[C@]12CN(C1CCC1)C[C@H]2c1ccc(C#N)cc1. The highest BCUT2D eigenvalue weighted by molar-refractivity contribution is 6.35. The Morgan fingerprint density at radius 3 is 2.28 bits per heavy atom. The smallest absolute Gasteiger partial charge is 0.310 e. The van der Waals surface area contributed by atoms with E-state index < -0.39 is 5.54 Å². The maximum absolute atomic E-state index is 14.1. The van der Waals surface area contributed by atoms with Crippen LogP contribution in [0.1, 0.15) is 36.3 Å². The van der Waals surface area contributed by atoms with Crippen LogP contribution in [0, 0.1) is 11.3 Å². The Kier molecular flexibility index (Phi) is 5.16. The first-order chi connectivity index (χ1) is 15.3. The lowest BCUT2D eigenvalue weighted by Gasteiger charge is -2.36. The van der Waals surface area contributed by atoms with Crippen LogP contribution in [0.2, 0.25) is 10.0 Å². The Labute approximate surface area is 196 Å². The van der Waals surface area contributed by atoms with Crippen LogP contribution in [0.15, 0.2) is 42.5 Å². The summed E-state index contributed by atoms with van der Waals surface area (Å²) >= 11 is 12.3. The number of imide groups is 1. The van der Waals surface area contributed by atoms with Crippen molar-refractivity contribution in [1.82, 2.24) is 9.80 Å². The summed E-state index contributed by atoms with van der Waals surface area (Å²) < 4.78 is 0. The molecule has 8 heteroatoms. The molecule has 32 heavy (non-hydrogen) atoms. The van der Waals surface area contributed by atoms with Crippen molar-refractivity contribution >= 4 is 40.8 Å². The molecule has 0 bridgehead atoms. The van der Waals surface area contributed by atoms with E-state index in [9.17, 15) is 14.9 Å². The fraction of sp³-hybridized carbons (Fsp3) is 0.375. The lowest BCUT2D eigenvalue weighted by atomic mass is 9.80. The van der Waals surface area contributed by atoms with E-state index in [0.717, 1.165) is 18.4 Å². The van der Waals surface area contributed by atoms with Crippen LogP contribution in [0.4, 0.5) is 10.5 Å². The Balaban J connectivity index is 1.60. The number of likely N-dealkylation sites (tertiary alicyclic amines) is 1. The summed E-state index contributed by atoms with van der Waals surface area (Å²) in [6.07, 6.45) is 3.40. The molecular weight excluding hydrogens is 447 g/mol. The molecule has 3 aliphatic rings. The second kappa shape index (κ2) is 7.77. The van der Waals surface area contributed by atoms with Crippen molar-refractivity contribution in [3.05, 3.63) is 63.6 Å². The lowest BCUT2D eigenvalue weighted by Crippen LogP contribution is -2.54. The maximum atomic E-state index is 14.1. The van der Waals surface area contributed by atoms with E-state index in [-0.39, 0.29) is 17.9 Å². The number of benzene rings is 2. The van der Waals surface area contributed by atoms with Gasteiger partial charge in [-0.3, -0.25) is 9.69 Å². The first-order valence-corrected chi connectivity index (χ1v) is 11.4. The second-order valence-corrected chi connectivity index (χ2v) is 9.71.